The van der Waals surface area contributed by atoms with Crippen molar-refractivity contribution < 1.29 is 4.42 Å². The maximum atomic E-state index is 6.70. The predicted molar refractivity (Wildman–Crippen MR) is 210 cm³/mol. The van der Waals surface area contributed by atoms with E-state index in [0.717, 1.165) is 62.6 Å². The van der Waals surface area contributed by atoms with Crippen LogP contribution in [0.15, 0.2) is 168 Å². The van der Waals surface area contributed by atoms with Crippen molar-refractivity contribution in [2.75, 3.05) is 0 Å². The Labute approximate surface area is 295 Å². The molecule has 0 bridgehead atoms. The van der Waals surface area contributed by atoms with Gasteiger partial charge in [0.1, 0.15) is 11.2 Å². The summed E-state index contributed by atoms with van der Waals surface area (Å²) in [6.07, 6.45) is 6.16. The van der Waals surface area contributed by atoms with Gasteiger partial charge in [-0.2, -0.15) is 0 Å². The number of hydrogen-bond donors (Lipinski definition) is 0. The van der Waals surface area contributed by atoms with Crippen molar-refractivity contribution in [1.29, 1.82) is 0 Å². The molecule has 1 aliphatic rings. The number of allylic oxidation sites excluding steroid dienone is 4. The van der Waals surface area contributed by atoms with Gasteiger partial charge in [-0.25, -0.2) is 15.0 Å². The Morgan fingerprint density at radius 1 is 0.412 bits per heavy atom. The van der Waals surface area contributed by atoms with E-state index >= 15 is 0 Å². The highest BCUT2D eigenvalue weighted by molar-refractivity contribution is 6.17. The monoisotopic (exact) mass is 653 g/mol. The molecule has 2 heterocycles. The zero-order valence-electron chi connectivity index (χ0n) is 27.8. The van der Waals surface area contributed by atoms with Crippen LogP contribution in [0.25, 0.3) is 88.5 Å². The molecule has 4 nitrogen and oxygen atoms in total. The lowest BCUT2D eigenvalue weighted by molar-refractivity contribution is 0.670. The molecular formula is C47H31N3O. The zero-order valence-corrected chi connectivity index (χ0v) is 27.8. The zero-order chi connectivity index (χ0) is 33.7. The summed E-state index contributed by atoms with van der Waals surface area (Å²) in [6.45, 7) is 0. The second-order valence-corrected chi connectivity index (χ2v) is 13.1. The van der Waals surface area contributed by atoms with Crippen LogP contribution in [0.5, 0.6) is 0 Å². The molecule has 51 heavy (non-hydrogen) atoms. The summed E-state index contributed by atoms with van der Waals surface area (Å²) in [5.74, 6) is 1.98. The number of aromatic nitrogens is 3. The molecule has 2 aromatic heterocycles. The minimum Gasteiger partial charge on any atom is -0.455 e. The number of rotatable bonds is 5. The number of fused-ring (bicyclic) bond motifs is 5. The molecular weight excluding hydrogens is 623 g/mol. The lowest BCUT2D eigenvalue weighted by Gasteiger charge is -2.16. The molecule has 0 atom stereocenters. The van der Waals surface area contributed by atoms with Crippen LogP contribution in [0.4, 0.5) is 0 Å². The first kappa shape index (κ1) is 29.3. The number of nitrogens with zero attached hydrogens (tertiary/aromatic N) is 3. The molecule has 0 unspecified atom stereocenters. The van der Waals surface area contributed by atoms with E-state index in [1.807, 2.05) is 30.3 Å². The third-order valence-corrected chi connectivity index (χ3v) is 10.1. The van der Waals surface area contributed by atoms with Crippen LogP contribution in [0, 0.1) is 0 Å². The van der Waals surface area contributed by atoms with Gasteiger partial charge in [0.15, 0.2) is 17.5 Å². The van der Waals surface area contributed by atoms with E-state index in [-0.39, 0.29) is 0 Å². The van der Waals surface area contributed by atoms with Crippen LogP contribution in [0.1, 0.15) is 24.2 Å². The van der Waals surface area contributed by atoms with E-state index in [1.165, 1.54) is 32.7 Å². The van der Waals surface area contributed by atoms with Gasteiger partial charge in [-0.3, -0.25) is 0 Å². The summed E-state index contributed by atoms with van der Waals surface area (Å²) in [4.78, 5) is 15.4. The number of benzene rings is 7. The highest BCUT2D eigenvalue weighted by Crippen LogP contribution is 2.43. The van der Waals surface area contributed by atoms with Crippen LogP contribution in [-0.2, 0) is 0 Å². The molecule has 10 rings (SSSR count). The molecule has 1 aliphatic carbocycles. The van der Waals surface area contributed by atoms with Gasteiger partial charge in [0, 0.05) is 27.5 Å². The van der Waals surface area contributed by atoms with Crippen molar-refractivity contribution in [3.8, 4) is 33.9 Å². The quantitative estimate of drug-likeness (QED) is 0.185. The Kier molecular flexibility index (Phi) is 6.91. The van der Waals surface area contributed by atoms with Crippen LogP contribution in [-0.4, -0.2) is 15.0 Å². The van der Waals surface area contributed by atoms with Gasteiger partial charge in [-0.1, -0.05) is 140 Å². The van der Waals surface area contributed by atoms with Gasteiger partial charge in [0.2, 0.25) is 0 Å². The average Bonchev–Trinajstić information content (AvgIpc) is 3.60. The van der Waals surface area contributed by atoms with Crippen molar-refractivity contribution in [3.63, 3.8) is 0 Å². The van der Waals surface area contributed by atoms with Crippen LogP contribution in [0.3, 0.4) is 0 Å². The van der Waals surface area contributed by atoms with E-state index in [1.54, 1.807) is 0 Å². The highest BCUT2D eigenvalue weighted by Gasteiger charge is 2.22. The molecule has 0 saturated carbocycles. The SMILES string of the molecule is C1=C(c2ccc3ccccc3c2)CCC(c2nc(-c3ccccc3)nc(-c3ccc(-c4cccc5ccccc45)c4oc5ccccc5c34)n2)=C1. The minimum atomic E-state index is 0.630. The summed E-state index contributed by atoms with van der Waals surface area (Å²) < 4.78 is 6.70. The van der Waals surface area contributed by atoms with Crippen molar-refractivity contribution in [1.82, 2.24) is 15.0 Å². The van der Waals surface area contributed by atoms with Gasteiger partial charge >= 0.3 is 0 Å². The number of hydrogen-bond acceptors (Lipinski definition) is 4. The summed E-state index contributed by atoms with van der Waals surface area (Å²) >= 11 is 0. The van der Waals surface area contributed by atoms with Gasteiger partial charge in [0.05, 0.1) is 0 Å². The second kappa shape index (κ2) is 12.0. The van der Waals surface area contributed by atoms with Crippen molar-refractivity contribution >= 4 is 54.6 Å². The second-order valence-electron chi connectivity index (χ2n) is 13.1. The fourth-order valence-electron chi connectivity index (χ4n) is 7.50. The Balaban J connectivity index is 1.15. The molecule has 0 N–H and O–H groups in total. The first-order valence-electron chi connectivity index (χ1n) is 17.4. The Hall–Kier alpha value is -6.65. The standard InChI is InChI=1S/C47H31N3O/c1-2-13-33(14-3-1)45-48-46(34-24-21-31(22-25-34)36-26-23-30-11-4-5-15-35(30)29-36)50-47(49-45)41-28-27-39(38-19-10-16-32-12-6-7-17-37(32)38)44-43(41)40-18-8-9-20-42(40)51-44/h1-21,23-24,26-29H,22,25H2. The van der Waals surface area contributed by atoms with Crippen LogP contribution < -0.4 is 0 Å². The van der Waals surface area contributed by atoms with Gasteiger partial charge < -0.3 is 4.42 Å². The average molecular weight is 654 g/mol. The summed E-state index contributed by atoms with van der Waals surface area (Å²) in [6, 6.07) is 52.9. The van der Waals surface area contributed by atoms with E-state index in [4.69, 9.17) is 19.4 Å². The van der Waals surface area contributed by atoms with Gasteiger partial charge in [0.25, 0.3) is 0 Å². The number of furan rings is 1. The first-order valence-corrected chi connectivity index (χ1v) is 17.4. The molecule has 0 aliphatic heterocycles. The first-order chi connectivity index (χ1) is 25.3. The Bertz CT molecular complexity index is 2860. The third-order valence-electron chi connectivity index (χ3n) is 10.1. The van der Waals surface area contributed by atoms with E-state index < -0.39 is 0 Å². The molecule has 4 heteroatoms. The molecule has 0 saturated heterocycles. The molecule has 7 aromatic carbocycles. The Morgan fingerprint density at radius 3 is 1.94 bits per heavy atom. The van der Waals surface area contributed by atoms with Crippen LogP contribution in [0.2, 0.25) is 0 Å². The maximum absolute atomic E-state index is 6.70. The maximum Gasteiger partial charge on any atom is 0.164 e. The lowest BCUT2D eigenvalue weighted by atomic mass is 9.91. The molecule has 0 fully saturated rings. The van der Waals surface area contributed by atoms with Crippen molar-refractivity contribution in [3.05, 3.63) is 175 Å². The summed E-state index contributed by atoms with van der Waals surface area (Å²) in [5, 5.41) is 6.92. The summed E-state index contributed by atoms with van der Waals surface area (Å²) in [5.41, 5.74) is 9.38. The van der Waals surface area contributed by atoms with Gasteiger partial charge in [-0.15, -0.1) is 0 Å². The van der Waals surface area contributed by atoms with E-state index in [9.17, 15) is 0 Å². The molecule has 0 amide bonds. The van der Waals surface area contributed by atoms with E-state index in [2.05, 4.69) is 133 Å². The smallest absolute Gasteiger partial charge is 0.164 e. The van der Waals surface area contributed by atoms with E-state index in [0.29, 0.717) is 17.5 Å². The number of para-hydroxylation sites is 1. The fourth-order valence-corrected chi connectivity index (χ4v) is 7.50. The molecule has 9 aromatic rings. The fraction of sp³-hybridized carbons (Fsp3) is 0.0426. The molecule has 0 radical (unpaired) electrons. The van der Waals surface area contributed by atoms with Crippen molar-refractivity contribution in [2.45, 2.75) is 12.8 Å². The predicted octanol–water partition coefficient (Wildman–Crippen LogP) is 12.3. The van der Waals surface area contributed by atoms with Gasteiger partial charge in [-0.05, 0) is 80.9 Å². The molecule has 240 valence electrons. The van der Waals surface area contributed by atoms with Crippen molar-refractivity contribution in [2.24, 2.45) is 0 Å². The normalized spacial score (nSPS) is 13.2. The highest BCUT2D eigenvalue weighted by atomic mass is 16.3. The topological polar surface area (TPSA) is 51.8 Å². The molecule has 0 spiro atoms. The third kappa shape index (κ3) is 5.12. The summed E-state index contributed by atoms with van der Waals surface area (Å²) in [7, 11) is 0. The lowest BCUT2D eigenvalue weighted by Crippen LogP contribution is -2.05. The van der Waals surface area contributed by atoms with Crippen LogP contribution >= 0.6 is 0 Å². The minimum absolute atomic E-state index is 0.630. The largest absolute Gasteiger partial charge is 0.455 e. The Morgan fingerprint density at radius 2 is 1.08 bits per heavy atom.